The fourth-order valence-electron chi connectivity index (χ4n) is 1.34. The first-order valence-electron chi connectivity index (χ1n) is 4.67. The van der Waals surface area contributed by atoms with Gasteiger partial charge in [-0.3, -0.25) is 4.79 Å². The molecule has 1 rings (SSSR count). The van der Waals surface area contributed by atoms with Gasteiger partial charge in [0.05, 0.1) is 6.07 Å². The van der Waals surface area contributed by atoms with Crippen LogP contribution >= 0.6 is 11.3 Å². The van der Waals surface area contributed by atoms with Gasteiger partial charge in [0.2, 0.25) is 0 Å². The number of hydrogen-bond acceptors (Lipinski definition) is 3. The average Bonchev–Trinajstić information content (AvgIpc) is 2.59. The number of thiophene rings is 1. The fraction of sp³-hybridized carbons (Fsp3) is 0.455. The zero-order chi connectivity index (χ0) is 10.6. The van der Waals surface area contributed by atoms with E-state index in [0.29, 0.717) is 6.42 Å². The summed E-state index contributed by atoms with van der Waals surface area (Å²) in [6, 6.07) is 2.07. The quantitative estimate of drug-likeness (QED) is 0.711. The summed E-state index contributed by atoms with van der Waals surface area (Å²) in [5.74, 6) is -0.485. The van der Waals surface area contributed by atoms with Crippen molar-refractivity contribution in [2.75, 3.05) is 0 Å². The first kappa shape index (κ1) is 10.9. The maximum absolute atomic E-state index is 11.8. The molecule has 0 aromatic carbocycles. The minimum Gasteiger partial charge on any atom is -0.293 e. The second-order valence-corrected chi connectivity index (χ2v) is 4.05. The zero-order valence-corrected chi connectivity index (χ0v) is 9.23. The van der Waals surface area contributed by atoms with Crippen LogP contribution in [0.1, 0.15) is 35.7 Å². The molecule has 14 heavy (non-hydrogen) atoms. The molecule has 0 bridgehead atoms. The number of rotatable bonds is 4. The lowest BCUT2D eigenvalue weighted by Gasteiger charge is -2.05. The molecule has 3 heteroatoms. The van der Waals surface area contributed by atoms with Crippen LogP contribution in [0.25, 0.3) is 0 Å². The van der Waals surface area contributed by atoms with Crippen molar-refractivity contribution in [1.29, 1.82) is 5.26 Å². The molecule has 1 aromatic heterocycles. The minimum atomic E-state index is -0.465. The van der Waals surface area contributed by atoms with E-state index >= 15 is 0 Å². The van der Waals surface area contributed by atoms with Gasteiger partial charge in [0.1, 0.15) is 5.92 Å². The first-order valence-corrected chi connectivity index (χ1v) is 5.61. The summed E-state index contributed by atoms with van der Waals surface area (Å²) in [5.41, 5.74) is 1.70. The summed E-state index contributed by atoms with van der Waals surface area (Å²) in [6.45, 7) is 3.89. The molecule has 0 aliphatic heterocycles. The van der Waals surface area contributed by atoms with Crippen LogP contribution < -0.4 is 0 Å². The number of aryl methyl sites for hydroxylation is 1. The topological polar surface area (TPSA) is 40.9 Å². The predicted molar refractivity (Wildman–Crippen MR) is 57.4 cm³/mol. The molecule has 0 fully saturated rings. The maximum atomic E-state index is 11.8. The van der Waals surface area contributed by atoms with E-state index < -0.39 is 5.92 Å². The Labute approximate surface area is 88.2 Å². The number of hydrogen-bond donors (Lipinski definition) is 0. The van der Waals surface area contributed by atoms with Gasteiger partial charge < -0.3 is 0 Å². The lowest BCUT2D eigenvalue weighted by molar-refractivity contribution is 0.0943. The van der Waals surface area contributed by atoms with Crippen LogP contribution in [0.5, 0.6) is 0 Å². The van der Waals surface area contributed by atoms with Gasteiger partial charge in [0.15, 0.2) is 5.78 Å². The van der Waals surface area contributed by atoms with Crippen LogP contribution in [0.15, 0.2) is 10.8 Å². The molecule has 74 valence electrons. The van der Waals surface area contributed by atoms with E-state index in [1.807, 2.05) is 24.6 Å². The first-order chi connectivity index (χ1) is 6.70. The van der Waals surface area contributed by atoms with Crippen molar-refractivity contribution in [3.63, 3.8) is 0 Å². The summed E-state index contributed by atoms with van der Waals surface area (Å²) in [7, 11) is 0. The van der Waals surface area contributed by atoms with Crippen molar-refractivity contribution in [2.24, 2.45) is 5.92 Å². The highest BCUT2D eigenvalue weighted by Crippen LogP contribution is 2.20. The summed E-state index contributed by atoms with van der Waals surface area (Å²) >= 11 is 1.51. The molecule has 0 aliphatic carbocycles. The Morgan fingerprint density at radius 2 is 2.36 bits per heavy atom. The average molecular weight is 207 g/mol. The normalized spacial score (nSPS) is 12.1. The number of nitrogens with zero attached hydrogens (tertiary/aromatic N) is 1. The molecule has 1 aromatic rings. The number of carbonyl (C=O) groups excluding carboxylic acids is 1. The molecule has 1 heterocycles. The minimum absolute atomic E-state index is 0.0203. The molecule has 0 N–H and O–H groups in total. The highest BCUT2D eigenvalue weighted by molar-refractivity contribution is 7.08. The van der Waals surface area contributed by atoms with Gasteiger partial charge in [-0.2, -0.15) is 16.6 Å². The molecular weight excluding hydrogens is 194 g/mol. The van der Waals surface area contributed by atoms with Gasteiger partial charge in [-0.05, 0) is 24.3 Å². The van der Waals surface area contributed by atoms with Crippen LogP contribution in [0.4, 0.5) is 0 Å². The predicted octanol–water partition coefficient (Wildman–Crippen LogP) is 3.18. The van der Waals surface area contributed by atoms with E-state index in [1.54, 1.807) is 0 Å². The second kappa shape index (κ2) is 4.92. The van der Waals surface area contributed by atoms with E-state index in [4.69, 9.17) is 5.26 Å². The molecule has 0 saturated heterocycles. The Bertz CT molecular complexity index is 362. The van der Waals surface area contributed by atoms with Crippen molar-refractivity contribution in [2.45, 2.75) is 26.7 Å². The Morgan fingerprint density at radius 3 is 2.79 bits per heavy atom. The third-order valence-corrected chi connectivity index (χ3v) is 3.03. The summed E-state index contributed by atoms with van der Waals surface area (Å²) in [5, 5.41) is 12.6. The molecular formula is C11H13NOS. The summed E-state index contributed by atoms with van der Waals surface area (Å²) < 4.78 is 0. The van der Waals surface area contributed by atoms with E-state index in [2.05, 4.69) is 6.07 Å². The van der Waals surface area contributed by atoms with Crippen LogP contribution in [-0.2, 0) is 0 Å². The van der Waals surface area contributed by atoms with Gasteiger partial charge in [0, 0.05) is 10.9 Å². The molecule has 0 amide bonds. The van der Waals surface area contributed by atoms with E-state index in [0.717, 1.165) is 17.5 Å². The van der Waals surface area contributed by atoms with Gasteiger partial charge in [-0.15, -0.1) is 0 Å². The fourth-order valence-corrected chi connectivity index (χ4v) is 2.18. The van der Waals surface area contributed by atoms with E-state index in [1.165, 1.54) is 11.3 Å². The number of ketones is 1. The van der Waals surface area contributed by atoms with Gasteiger partial charge in [-0.25, -0.2) is 0 Å². The van der Waals surface area contributed by atoms with Crippen molar-refractivity contribution >= 4 is 17.1 Å². The van der Waals surface area contributed by atoms with Crippen LogP contribution in [0.3, 0.4) is 0 Å². The molecule has 0 aliphatic rings. The number of Topliss-reactive ketones (excluding diaryl/α,β-unsaturated/α-hetero) is 1. The van der Waals surface area contributed by atoms with Crippen molar-refractivity contribution in [3.8, 4) is 6.07 Å². The number of nitriles is 1. The molecule has 1 atom stereocenters. The molecule has 1 unspecified atom stereocenters. The second-order valence-electron chi connectivity index (χ2n) is 3.30. The summed E-state index contributed by atoms with van der Waals surface area (Å²) in [4.78, 5) is 11.8. The van der Waals surface area contributed by atoms with Crippen molar-refractivity contribution in [3.05, 3.63) is 21.9 Å². The Morgan fingerprint density at radius 1 is 1.64 bits per heavy atom. The van der Waals surface area contributed by atoms with Crippen LogP contribution in [0.2, 0.25) is 0 Å². The van der Waals surface area contributed by atoms with E-state index in [9.17, 15) is 4.79 Å². The molecule has 0 saturated carbocycles. The van der Waals surface area contributed by atoms with Crippen LogP contribution in [0, 0.1) is 24.2 Å². The van der Waals surface area contributed by atoms with Gasteiger partial charge in [0.25, 0.3) is 0 Å². The van der Waals surface area contributed by atoms with Gasteiger partial charge >= 0.3 is 0 Å². The third-order valence-electron chi connectivity index (χ3n) is 2.17. The molecule has 0 spiro atoms. The van der Waals surface area contributed by atoms with Crippen molar-refractivity contribution in [1.82, 2.24) is 0 Å². The maximum Gasteiger partial charge on any atom is 0.181 e. The van der Waals surface area contributed by atoms with Crippen LogP contribution in [-0.4, -0.2) is 5.78 Å². The lowest BCUT2D eigenvalue weighted by atomic mass is 9.95. The van der Waals surface area contributed by atoms with Gasteiger partial charge in [-0.1, -0.05) is 13.3 Å². The highest BCUT2D eigenvalue weighted by atomic mass is 32.1. The largest absolute Gasteiger partial charge is 0.293 e. The zero-order valence-electron chi connectivity index (χ0n) is 8.41. The Kier molecular flexibility index (Phi) is 3.84. The molecule has 2 nitrogen and oxygen atoms in total. The molecule has 0 radical (unpaired) electrons. The monoisotopic (exact) mass is 207 g/mol. The Hall–Kier alpha value is -1.14. The smallest absolute Gasteiger partial charge is 0.181 e. The lowest BCUT2D eigenvalue weighted by Crippen LogP contribution is -2.12. The Balaban J connectivity index is 2.85. The highest BCUT2D eigenvalue weighted by Gasteiger charge is 2.20. The number of carbonyl (C=O) groups is 1. The van der Waals surface area contributed by atoms with E-state index in [-0.39, 0.29) is 5.78 Å². The summed E-state index contributed by atoms with van der Waals surface area (Å²) in [6.07, 6.45) is 1.53. The SMILES string of the molecule is CCCC(C#N)C(=O)c1cscc1C. The third kappa shape index (κ3) is 2.21. The van der Waals surface area contributed by atoms with Crippen molar-refractivity contribution < 1.29 is 4.79 Å². The standard InChI is InChI=1S/C11H13NOS/c1-3-4-9(5-12)11(13)10-7-14-6-8(10)2/h6-7,9H,3-4H2,1-2H3.